The number of aryl methyl sites for hydroxylation is 1. The van der Waals surface area contributed by atoms with Gasteiger partial charge < -0.3 is 15.0 Å². The van der Waals surface area contributed by atoms with Gasteiger partial charge in [0.05, 0.1) is 0 Å². The van der Waals surface area contributed by atoms with E-state index in [0.717, 1.165) is 30.9 Å². The van der Waals surface area contributed by atoms with Crippen molar-refractivity contribution in [1.82, 2.24) is 9.80 Å². The van der Waals surface area contributed by atoms with Crippen LogP contribution in [0.5, 0.6) is 11.5 Å². The lowest BCUT2D eigenvalue weighted by atomic mass is 10.0. The second-order valence-electron chi connectivity index (χ2n) is 8.80. The van der Waals surface area contributed by atoms with E-state index in [1.165, 1.54) is 11.1 Å². The number of benzene rings is 3. The summed E-state index contributed by atoms with van der Waals surface area (Å²) in [5.41, 5.74) is 3.46. The Hall–Kier alpha value is -3.31. The number of hydrogen-bond acceptors (Lipinski definition) is 3. The van der Waals surface area contributed by atoms with E-state index in [1.54, 1.807) is 0 Å². The monoisotopic (exact) mass is 427 g/mol. The molecule has 2 heterocycles. The van der Waals surface area contributed by atoms with Gasteiger partial charge in [-0.1, -0.05) is 48.5 Å². The minimum absolute atomic E-state index is 0.0300. The second kappa shape index (κ2) is 8.67. The average Bonchev–Trinajstić information content (AvgIpc) is 3.41. The molecule has 0 radical (unpaired) electrons. The van der Waals surface area contributed by atoms with E-state index in [1.807, 2.05) is 59.5 Å². The minimum Gasteiger partial charge on any atom is -0.457 e. The van der Waals surface area contributed by atoms with Gasteiger partial charge in [-0.2, -0.15) is 0 Å². The van der Waals surface area contributed by atoms with Crippen LogP contribution in [0, 0.1) is 6.92 Å². The summed E-state index contributed by atoms with van der Waals surface area (Å²) in [5, 5.41) is 3.07. The largest absolute Gasteiger partial charge is 0.457 e. The number of urea groups is 1. The van der Waals surface area contributed by atoms with Crippen LogP contribution < -0.4 is 10.1 Å². The van der Waals surface area contributed by atoms with E-state index in [4.69, 9.17) is 4.74 Å². The van der Waals surface area contributed by atoms with Crippen molar-refractivity contribution >= 4 is 11.7 Å². The molecular weight excluding hydrogens is 398 g/mol. The van der Waals surface area contributed by atoms with Gasteiger partial charge in [0.1, 0.15) is 11.5 Å². The number of para-hydroxylation sites is 1. The first-order valence-corrected chi connectivity index (χ1v) is 11.3. The molecule has 2 aliphatic heterocycles. The maximum atomic E-state index is 13.0. The summed E-state index contributed by atoms with van der Waals surface area (Å²) < 4.78 is 5.90. The highest BCUT2D eigenvalue weighted by Gasteiger charge is 2.46. The molecule has 164 valence electrons. The van der Waals surface area contributed by atoms with Gasteiger partial charge >= 0.3 is 6.03 Å². The third-order valence-electron chi connectivity index (χ3n) is 6.74. The lowest BCUT2D eigenvalue weighted by Crippen LogP contribution is -2.50. The van der Waals surface area contributed by atoms with E-state index < -0.39 is 0 Å². The molecule has 0 spiro atoms. The van der Waals surface area contributed by atoms with E-state index in [0.29, 0.717) is 17.8 Å². The number of piperazine rings is 1. The van der Waals surface area contributed by atoms with Crippen LogP contribution in [0.3, 0.4) is 0 Å². The SMILES string of the molecule is Cc1ccccc1C(C)N1CC2CC1CN2C(=O)Nc1cccc(Oc2ccccc2)c1. The highest BCUT2D eigenvalue weighted by atomic mass is 16.5. The van der Waals surface area contributed by atoms with Crippen molar-refractivity contribution in [3.8, 4) is 11.5 Å². The predicted octanol–water partition coefficient (Wildman–Crippen LogP) is 5.84. The number of ether oxygens (including phenoxy) is 1. The van der Waals surface area contributed by atoms with Crippen LogP contribution in [0.25, 0.3) is 0 Å². The van der Waals surface area contributed by atoms with E-state index in [-0.39, 0.29) is 12.1 Å². The molecule has 3 unspecified atom stereocenters. The maximum Gasteiger partial charge on any atom is 0.322 e. The Morgan fingerprint density at radius 3 is 2.44 bits per heavy atom. The van der Waals surface area contributed by atoms with E-state index in [2.05, 4.69) is 48.3 Å². The van der Waals surface area contributed by atoms with Gasteiger partial charge in [-0.3, -0.25) is 4.90 Å². The molecule has 2 amide bonds. The number of rotatable bonds is 5. The first-order valence-electron chi connectivity index (χ1n) is 11.3. The topological polar surface area (TPSA) is 44.8 Å². The molecule has 5 rings (SSSR count). The van der Waals surface area contributed by atoms with Gasteiger partial charge in [-0.05, 0) is 55.7 Å². The minimum atomic E-state index is -0.0300. The Balaban J connectivity index is 1.21. The van der Waals surface area contributed by atoms with Crippen molar-refractivity contribution in [2.45, 2.75) is 38.4 Å². The molecule has 2 saturated heterocycles. The summed E-state index contributed by atoms with van der Waals surface area (Å²) in [6.45, 7) is 6.15. The molecule has 32 heavy (non-hydrogen) atoms. The van der Waals surface area contributed by atoms with Crippen molar-refractivity contribution in [3.05, 3.63) is 90.0 Å². The standard InChI is InChI=1S/C27H29N3O2/c1-19-9-6-7-14-26(19)20(2)29-17-23-16-22(29)18-30(23)27(31)28-21-10-8-13-25(15-21)32-24-11-4-3-5-12-24/h3-15,20,22-23H,16-18H2,1-2H3,(H,28,31). The zero-order chi connectivity index (χ0) is 22.1. The molecule has 2 fully saturated rings. The quantitative estimate of drug-likeness (QED) is 0.556. The van der Waals surface area contributed by atoms with Gasteiger partial charge in [0.25, 0.3) is 0 Å². The van der Waals surface area contributed by atoms with E-state index >= 15 is 0 Å². The van der Waals surface area contributed by atoms with Gasteiger partial charge in [-0.25, -0.2) is 4.79 Å². The predicted molar refractivity (Wildman–Crippen MR) is 127 cm³/mol. The second-order valence-corrected chi connectivity index (χ2v) is 8.80. The highest BCUT2D eigenvalue weighted by molar-refractivity contribution is 5.90. The lowest BCUT2D eigenvalue weighted by molar-refractivity contribution is 0.115. The van der Waals surface area contributed by atoms with Crippen LogP contribution in [0.1, 0.15) is 30.5 Å². The number of amides is 2. The van der Waals surface area contributed by atoms with Crippen LogP contribution in [-0.2, 0) is 0 Å². The summed E-state index contributed by atoms with van der Waals surface area (Å²) in [6.07, 6.45) is 1.04. The number of nitrogens with zero attached hydrogens (tertiary/aromatic N) is 2. The highest BCUT2D eigenvalue weighted by Crippen LogP contribution is 2.38. The summed E-state index contributed by atoms with van der Waals surface area (Å²) in [5.74, 6) is 1.48. The molecule has 2 bridgehead atoms. The van der Waals surface area contributed by atoms with E-state index in [9.17, 15) is 4.79 Å². The fourth-order valence-corrected chi connectivity index (χ4v) is 5.11. The van der Waals surface area contributed by atoms with Crippen LogP contribution in [0.15, 0.2) is 78.9 Å². The van der Waals surface area contributed by atoms with Crippen molar-refractivity contribution in [1.29, 1.82) is 0 Å². The number of likely N-dealkylation sites (tertiary alicyclic amines) is 2. The van der Waals surface area contributed by atoms with Crippen molar-refractivity contribution in [2.24, 2.45) is 0 Å². The van der Waals surface area contributed by atoms with Crippen LogP contribution in [0.4, 0.5) is 10.5 Å². The maximum absolute atomic E-state index is 13.0. The number of hydrogen-bond donors (Lipinski definition) is 1. The van der Waals surface area contributed by atoms with Gasteiger partial charge in [0.15, 0.2) is 0 Å². The van der Waals surface area contributed by atoms with Gasteiger partial charge in [-0.15, -0.1) is 0 Å². The van der Waals surface area contributed by atoms with Gasteiger partial charge in [0, 0.05) is 43.0 Å². The zero-order valence-electron chi connectivity index (χ0n) is 18.6. The third kappa shape index (κ3) is 4.08. The van der Waals surface area contributed by atoms with Crippen molar-refractivity contribution in [2.75, 3.05) is 18.4 Å². The number of fused-ring (bicyclic) bond motifs is 2. The molecule has 2 aliphatic rings. The Bertz CT molecular complexity index is 1100. The summed E-state index contributed by atoms with van der Waals surface area (Å²) in [7, 11) is 0. The number of carbonyl (C=O) groups excluding carboxylic acids is 1. The molecule has 0 saturated carbocycles. The fourth-order valence-electron chi connectivity index (χ4n) is 5.11. The Labute approximate surface area is 189 Å². The normalized spacial score (nSPS) is 20.9. The molecule has 0 aliphatic carbocycles. The molecule has 3 aromatic rings. The molecule has 3 aromatic carbocycles. The summed E-state index contributed by atoms with van der Waals surface area (Å²) in [6, 6.07) is 26.8. The van der Waals surface area contributed by atoms with Crippen molar-refractivity contribution in [3.63, 3.8) is 0 Å². The number of carbonyl (C=O) groups is 1. The third-order valence-corrected chi connectivity index (χ3v) is 6.74. The van der Waals surface area contributed by atoms with Crippen molar-refractivity contribution < 1.29 is 9.53 Å². The molecule has 5 nitrogen and oxygen atoms in total. The molecule has 1 N–H and O–H groups in total. The number of nitrogens with one attached hydrogen (secondary N) is 1. The first-order chi connectivity index (χ1) is 15.6. The van der Waals surface area contributed by atoms with Gasteiger partial charge in [0.2, 0.25) is 0 Å². The molecule has 0 aromatic heterocycles. The smallest absolute Gasteiger partial charge is 0.322 e. The summed E-state index contributed by atoms with van der Waals surface area (Å²) in [4.78, 5) is 17.6. The first kappa shape index (κ1) is 20.6. The van der Waals surface area contributed by atoms with Crippen LogP contribution in [-0.4, -0.2) is 41.0 Å². The average molecular weight is 428 g/mol. The molecule has 3 atom stereocenters. The summed E-state index contributed by atoms with van der Waals surface area (Å²) >= 11 is 0. The Morgan fingerprint density at radius 2 is 1.69 bits per heavy atom. The Morgan fingerprint density at radius 1 is 0.938 bits per heavy atom. The molecular formula is C27H29N3O2. The fraction of sp³-hybridized carbons (Fsp3) is 0.296. The molecule has 5 heteroatoms. The number of anilines is 1. The zero-order valence-corrected chi connectivity index (χ0v) is 18.6. The lowest BCUT2D eigenvalue weighted by Gasteiger charge is -2.38. The Kier molecular flexibility index (Phi) is 5.58. The van der Waals surface area contributed by atoms with Crippen LogP contribution in [0.2, 0.25) is 0 Å². The van der Waals surface area contributed by atoms with Crippen LogP contribution >= 0.6 is 0 Å².